The Kier molecular flexibility index (Phi) is 6.40. The fourth-order valence-electron chi connectivity index (χ4n) is 1.47. The zero-order valence-corrected chi connectivity index (χ0v) is 10.7. The molecule has 4 heteroatoms. The van der Waals surface area contributed by atoms with Gasteiger partial charge in [-0.15, -0.1) is 0 Å². The Labute approximate surface area is 103 Å². The first-order valence-electron chi connectivity index (χ1n) is 6.31. The van der Waals surface area contributed by atoms with E-state index in [0.29, 0.717) is 19.5 Å². The minimum atomic E-state index is 0.105. The Hall–Kier alpha value is -1.29. The van der Waals surface area contributed by atoms with Crippen LogP contribution in [0.15, 0.2) is 16.5 Å². The first-order chi connectivity index (χ1) is 8.26. The number of rotatable bonds is 8. The number of aryl methyl sites for hydroxylation is 1. The van der Waals surface area contributed by atoms with Crippen LogP contribution in [0.2, 0.25) is 0 Å². The molecule has 0 bridgehead atoms. The van der Waals surface area contributed by atoms with Gasteiger partial charge in [-0.05, 0) is 18.6 Å². The number of hydrogen-bond donors (Lipinski definition) is 2. The normalized spacial score (nSPS) is 10.5. The third kappa shape index (κ3) is 5.54. The lowest BCUT2D eigenvalue weighted by Crippen LogP contribution is -2.27. The van der Waals surface area contributed by atoms with Gasteiger partial charge in [0.15, 0.2) is 0 Å². The van der Waals surface area contributed by atoms with Gasteiger partial charge < -0.3 is 15.1 Å². The smallest absolute Gasteiger partial charge is 0.221 e. The first-order valence-corrected chi connectivity index (χ1v) is 6.31. The van der Waals surface area contributed by atoms with Crippen LogP contribution in [0.1, 0.15) is 38.2 Å². The quantitative estimate of drug-likeness (QED) is 0.680. The van der Waals surface area contributed by atoms with Gasteiger partial charge in [0.05, 0.1) is 6.54 Å². The van der Waals surface area contributed by atoms with Gasteiger partial charge in [0.1, 0.15) is 11.5 Å². The molecule has 0 unspecified atom stereocenters. The van der Waals surface area contributed by atoms with E-state index in [-0.39, 0.29) is 5.91 Å². The van der Waals surface area contributed by atoms with Gasteiger partial charge in [0.2, 0.25) is 5.91 Å². The van der Waals surface area contributed by atoms with Crippen molar-refractivity contribution >= 4 is 5.91 Å². The molecular formula is C13H22N2O2. The lowest BCUT2D eigenvalue weighted by Gasteiger charge is -2.04. The Morgan fingerprint density at radius 3 is 2.65 bits per heavy atom. The maximum atomic E-state index is 11.3. The highest BCUT2D eigenvalue weighted by Gasteiger charge is 2.01. The molecule has 0 aliphatic rings. The number of carbonyl (C=O) groups is 1. The van der Waals surface area contributed by atoms with Crippen LogP contribution in [0.5, 0.6) is 0 Å². The largest absolute Gasteiger partial charge is 0.465 e. The second-order valence-electron chi connectivity index (χ2n) is 4.00. The van der Waals surface area contributed by atoms with Crippen molar-refractivity contribution in [1.82, 2.24) is 10.6 Å². The SMILES string of the molecule is CCCNC(=O)CCNCc1ccc(CC)o1. The van der Waals surface area contributed by atoms with Crippen molar-refractivity contribution in [2.45, 2.75) is 39.7 Å². The third-order valence-corrected chi connectivity index (χ3v) is 2.47. The Morgan fingerprint density at radius 1 is 1.24 bits per heavy atom. The van der Waals surface area contributed by atoms with Crippen LogP contribution < -0.4 is 10.6 Å². The second-order valence-corrected chi connectivity index (χ2v) is 4.00. The van der Waals surface area contributed by atoms with Gasteiger partial charge in [-0.1, -0.05) is 13.8 Å². The zero-order valence-electron chi connectivity index (χ0n) is 10.7. The van der Waals surface area contributed by atoms with Gasteiger partial charge >= 0.3 is 0 Å². The molecule has 1 aromatic rings. The lowest BCUT2D eigenvalue weighted by atomic mass is 10.3. The predicted octanol–water partition coefficient (Wildman–Crippen LogP) is 1.85. The number of furan rings is 1. The molecule has 0 saturated heterocycles. The summed E-state index contributed by atoms with van der Waals surface area (Å²) in [7, 11) is 0. The molecule has 2 N–H and O–H groups in total. The van der Waals surface area contributed by atoms with Gasteiger partial charge in [-0.2, -0.15) is 0 Å². The van der Waals surface area contributed by atoms with Gasteiger partial charge in [-0.3, -0.25) is 4.79 Å². The average Bonchev–Trinajstić information content (AvgIpc) is 2.80. The summed E-state index contributed by atoms with van der Waals surface area (Å²) in [4.78, 5) is 11.3. The molecule has 0 saturated carbocycles. The van der Waals surface area contributed by atoms with E-state index in [1.807, 2.05) is 19.1 Å². The van der Waals surface area contributed by atoms with E-state index in [0.717, 1.165) is 30.9 Å². The first kappa shape index (κ1) is 13.8. The van der Waals surface area contributed by atoms with Crippen molar-refractivity contribution in [1.29, 1.82) is 0 Å². The van der Waals surface area contributed by atoms with E-state index in [4.69, 9.17) is 4.42 Å². The topological polar surface area (TPSA) is 54.3 Å². The molecule has 17 heavy (non-hydrogen) atoms. The number of nitrogens with one attached hydrogen (secondary N) is 2. The van der Waals surface area contributed by atoms with E-state index in [1.165, 1.54) is 0 Å². The molecule has 0 fully saturated rings. The van der Waals surface area contributed by atoms with Crippen molar-refractivity contribution in [2.24, 2.45) is 0 Å². The standard InChI is InChI=1S/C13H22N2O2/c1-3-8-15-13(16)7-9-14-10-12-6-5-11(4-2)17-12/h5-6,14H,3-4,7-10H2,1-2H3,(H,15,16). The Balaban J connectivity index is 2.09. The highest BCUT2D eigenvalue weighted by molar-refractivity contribution is 5.75. The van der Waals surface area contributed by atoms with Crippen LogP contribution in [0, 0.1) is 0 Å². The van der Waals surface area contributed by atoms with Crippen molar-refractivity contribution in [3.63, 3.8) is 0 Å². The van der Waals surface area contributed by atoms with Crippen molar-refractivity contribution in [3.05, 3.63) is 23.7 Å². The highest BCUT2D eigenvalue weighted by Crippen LogP contribution is 2.07. The van der Waals surface area contributed by atoms with E-state index in [1.54, 1.807) is 0 Å². The molecule has 0 aromatic carbocycles. The molecule has 1 amide bonds. The van der Waals surface area contributed by atoms with Crippen LogP contribution in [-0.2, 0) is 17.8 Å². The average molecular weight is 238 g/mol. The van der Waals surface area contributed by atoms with E-state index in [9.17, 15) is 4.79 Å². The van der Waals surface area contributed by atoms with E-state index in [2.05, 4.69) is 17.6 Å². The molecular weight excluding hydrogens is 216 g/mol. The summed E-state index contributed by atoms with van der Waals surface area (Å²) in [5, 5.41) is 6.03. The highest BCUT2D eigenvalue weighted by atomic mass is 16.3. The molecule has 0 spiro atoms. The maximum Gasteiger partial charge on any atom is 0.221 e. The summed E-state index contributed by atoms with van der Waals surface area (Å²) in [5.41, 5.74) is 0. The number of hydrogen-bond acceptors (Lipinski definition) is 3. The minimum Gasteiger partial charge on any atom is -0.465 e. The minimum absolute atomic E-state index is 0.105. The number of amides is 1. The van der Waals surface area contributed by atoms with Crippen LogP contribution in [0.4, 0.5) is 0 Å². The van der Waals surface area contributed by atoms with Crippen LogP contribution in [0.3, 0.4) is 0 Å². The fraction of sp³-hybridized carbons (Fsp3) is 0.615. The summed E-state index contributed by atoms with van der Waals surface area (Å²) in [6.07, 6.45) is 2.41. The van der Waals surface area contributed by atoms with Crippen LogP contribution in [0.25, 0.3) is 0 Å². The summed E-state index contributed by atoms with van der Waals surface area (Å²) >= 11 is 0. The van der Waals surface area contributed by atoms with E-state index < -0.39 is 0 Å². The molecule has 96 valence electrons. The molecule has 4 nitrogen and oxygen atoms in total. The maximum absolute atomic E-state index is 11.3. The van der Waals surface area contributed by atoms with Gasteiger partial charge in [0.25, 0.3) is 0 Å². The lowest BCUT2D eigenvalue weighted by molar-refractivity contribution is -0.120. The molecule has 0 atom stereocenters. The zero-order chi connectivity index (χ0) is 12.5. The van der Waals surface area contributed by atoms with Crippen molar-refractivity contribution < 1.29 is 9.21 Å². The van der Waals surface area contributed by atoms with Crippen molar-refractivity contribution in [3.8, 4) is 0 Å². The third-order valence-electron chi connectivity index (χ3n) is 2.47. The Bertz CT molecular complexity index is 334. The van der Waals surface area contributed by atoms with Crippen LogP contribution >= 0.6 is 0 Å². The monoisotopic (exact) mass is 238 g/mol. The summed E-state index contributed by atoms with van der Waals surface area (Å²) < 4.78 is 5.54. The van der Waals surface area contributed by atoms with E-state index >= 15 is 0 Å². The molecule has 0 aliphatic heterocycles. The molecule has 1 heterocycles. The predicted molar refractivity (Wildman–Crippen MR) is 67.7 cm³/mol. The summed E-state index contributed by atoms with van der Waals surface area (Å²) in [5.74, 6) is 2.03. The summed E-state index contributed by atoms with van der Waals surface area (Å²) in [6, 6.07) is 3.97. The van der Waals surface area contributed by atoms with Gasteiger partial charge in [-0.25, -0.2) is 0 Å². The van der Waals surface area contributed by atoms with Crippen molar-refractivity contribution in [2.75, 3.05) is 13.1 Å². The number of carbonyl (C=O) groups excluding carboxylic acids is 1. The molecule has 0 radical (unpaired) electrons. The molecule has 1 aromatic heterocycles. The second kappa shape index (κ2) is 7.90. The Morgan fingerprint density at radius 2 is 2.00 bits per heavy atom. The van der Waals surface area contributed by atoms with Crippen LogP contribution in [-0.4, -0.2) is 19.0 Å². The molecule has 0 aliphatic carbocycles. The fourth-order valence-corrected chi connectivity index (χ4v) is 1.47. The molecule has 1 rings (SSSR count). The van der Waals surface area contributed by atoms with Gasteiger partial charge in [0, 0.05) is 25.9 Å². The summed E-state index contributed by atoms with van der Waals surface area (Å²) in [6.45, 7) is 6.23.